The van der Waals surface area contributed by atoms with Gasteiger partial charge in [-0.05, 0) is 26.7 Å². The maximum atomic E-state index is 12.6. The number of sulfonamides is 1. The van der Waals surface area contributed by atoms with E-state index >= 15 is 0 Å². The molecule has 1 amide bonds. The molecular formula is C14H26F3N5O3S. The molecule has 1 fully saturated rings. The van der Waals surface area contributed by atoms with E-state index in [-0.39, 0.29) is 37.9 Å². The van der Waals surface area contributed by atoms with E-state index in [1.165, 1.54) is 7.05 Å². The van der Waals surface area contributed by atoms with Crippen molar-refractivity contribution < 1.29 is 26.4 Å². The number of piperidine rings is 1. The van der Waals surface area contributed by atoms with E-state index in [1.807, 2.05) is 0 Å². The summed E-state index contributed by atoms with van der Waals surface area (Å²) >= 11 is 0. The van der Waals surface area contributed by atoms with E-state index in [0.717, 1.165) is 0 Å². The highest BCUT2D eigenvalue weighted by molar-refractivity contribution is 7.90. The van der Waals surface area contributed by atoms with Crippen molar-refractivity contribution in [1.82, 2.24) is 20.3 Å². The van der Waals surface area contributed by atoms with Gasteiger partial charge in [0.2, 0.25) is 5.91 Å². The molecule has 0 aromatic rings. The second-order valence-corrected chi connectivity index (χ2v) is 8.59. The van der Waals surface area contributed by atoms with Gasteiger partial charge in [-0.15, -0.1) is 0 Å². The van der Waals surface area contributed by atoms with Crippen LogP contribution in [0.3, 0.4) is 0 Å². The van der Waals surface area contributed by atoms with E-state index in [4.69, 9.17) is 0 Å². The second-order valence-electron chi connectivity index (χ2n) is 6.66. The molecule has 0 atom stereocenters. The lowest BCUT2D eigenvalue weighted by Gasteiger charge is -2.33. The van der Waals surface area contributed by atoms with Crippen LogP contribution in [0.15, 0.2) is 4.99 Å². The molecule has 0 aromatic heterocycles. The highest BCUT2D eigenvalue weighted by Gasteiger charge is 2.50. The number of hydrogen-bond donors (Lipinski definition) is 3. The van der Waals surface area contributed by atoms with Crippen molar-refractivity contribution in [1.29, 1.82) is 0 Å². The fraction of sp³-hybridized carbons (Fsp3) is 0.857. The van der Waals surface area contributed by atoms with Crippen LogP contribution in [0.1, 0.15) is 26.7 Å². The number of aliphatic imine (C=N–C) groups is 1. The van der Waals surface area contributed by atoms with Crippen LogP contribution in [0.4, 0.5) is 13.2 Å². The molecule has 0 aliphatic carbocycles. The average Bonchev–Trinajstić information content (AvgIpc) is 2.57. The van der Waals surface area contributed by atoms with Gasteiger partial charge >= 0.3 is 15.5 Å². The molecule has 8 nitrogen and oxygen atoms in total. The highest BCUT2D eigenvalue weighted by Crippen LogP contribution is 2.28. The van der Waals surface area contributed by atoms with E-state index in [9.17, 15) is 26.4 Å². The minimum Gasteiger partial charge on any atom is -0.359 e. The minimum atomic E-state index is -5.28. The molecule has 1 aliphatic rings. The Morgan fingerprint density at radius 1 is 1.23 bits per heavy atom. The third kappa shape index (κ3) is 5.47. The standard InChI is InChI=1S/C14H26F3N5O3S/c1-13(2,11(23)18-3)9-20-12(19-4)21-10-5-7-22(8-6-10)26(24,25)14(15,16)17/h10H,5-9H2,1-4H3,(H,18,23)(H2,19,20,21). The number of guanidine groups is 1. The molecule has 0 radical (unpaired) electrons. The number of rotatable bonds is 5. The molecule has 3 N–H and O–H groups in total. The maximum absolute atomic E-state index is 12.6. The Morgan fingerprint density at radius 3 is 2.19 bits per heavy atom. The summed E-state index contributed by atoms with van der Waals surface area (Å²) in [5, 5.41) is 8.62. The van der Waals surface area contributed by atoms with Gasteiger partial charge in [0.15, 0.2) is 5.96 Å². The Hall–Kier alpha value is -1.56. The zero-order chi connectivity index (χ0) is 20.2. The van der Waals surface area contributed by atoms with Crippen LogP contribution < -0.4 is 16.0 Å². The van der Waals surface area contributed by atoms with Crippen LogP contribution in [0.2, 0.25) is 0 Å². The van der Waals surface area contributed by atoms with Crippen LogP contribution >= 0.6 is 0 Å². The Morgan fingerprint density at radius 2 is 1.77 bits per heavy atom. The van der Waals surface area contributed by atoms with E-state index < -0.39 is 20.9 Å². The van der Waals surface area contributed by atoms with Gasteiger partial charge in [-0.1, -0.05) is 0 Å². The second kappa shape index (κ2) is 8.42. The van der Waals surface area contributed by atoms with Gasteiger partial charge in [0, 0.05) is 39.8 Å². The fourth-order valence-corrected chi connectivity index (χ4v) is 3.48. The van der Waals surface area contributed by atoms with Crippen molar-refractivity contribution in [2.45, 2.75) is 38.2 Å². The number of amides is 1. The van der Waals surface area contributed by atoms with Crippen molar-refractivity contribution in [2.75, 3.05) is 33.7 Å². The fourth-order valence-electron chi connectivity index (χ4n) is 2.50. The number of nitrogens with zero attached hydrogens (tertiary/aromatic N) is 2. The minimum absolute atomic E-state index is 0.147. The molecule has 12 heteroatoms. The van der Waals surface area contributed by atoms with Gasteiger partial charge in [0.25, 0.3) is 0 Å². The lowest BCUT2D eigenvalue weighted by Crippen LogP contribution is -2.53. The van der Waals surface area contributed by atoms with Gasteiger partial charge in [-0.2, -0.15) is 17.5 Å². The summed E-state index contributed by atoms with van der Waals surface area (Å²) in [4.78, 5) is 15.8. The number of hydrogen-bond acceptors (Lipinski definition) is 4. The largest absolute Gasteiger partial charge is 0.511 e. The molecule has 1 aliphatic heterocycles. The Labute approximate surface area is 151 Å². The molecule has 1 heterocycles. The molecule has 0 unspecified atom stereocenters. The number of halogens is 3. The average molecular weight is 401 g/mol. The maximum Gasteiger partial charge on any atom is 0.511 e. The monoisotopic (exact) mass is 401 g/mol. The van der Waals surface area contributed by atoms with E-state index in [2.05, 4.69) is 20.9 Å². The molecule has 0 aromatic carbocycles. The summed E-state index contributed by atoms with van der Waals surface area (Å²) in [6.07, 6.45) is 0.434. The van der Waals surface area contributed by atoms with Gasteiger partial charge in [0.1, 0.15) is 0 Å². The van der Waals surface area contributed by atoms with E-state index in [1.54, 1.807) is 20.9 Å². The predicted octanol–water partition coefficient (Wildman–Crippen LogP) is 0.238. The summed E-state index contributed by atoms with van der Waals surface area (Å²) < 4.78 is 61.0. The summed E-state index contributed by atoms with van der Waals surface area (Å²) in [7, 11) is -2.21. The van der Waals surface area contributed by atoms with Crippen LogP contribution in [0.5, 0.6) is 0 Å². The molecule has 0 saturated carbocycles. The molecule has 1 rings (SSSR count). The first kappa shape index (κ1) is 22.5. The lowest BCUT2D eigenvalue weighted by molar-refractivity contribution is -0.128. The Balaban J connectivity index is 2.57. The first-order valence-corrected chi connectivity index (χ1v) is 9.55. The lowest BCUT2D eigenvalue weighted by atomic mass is 9.92. The number of carbonyl (C=O) groups is 1. The molecule has 1 saturated heterocycles. The quantitative estimate of drug-likeness (QED) is 0.452. The van der Waals surface area contributed by atoms with Gasteiger partial charge in [0.05, 0.1) is 5.41 Å². The molecule has 26 heavy (non-hydrogen) atoms. The van der Waals surface area contributed by atoms with Gasteiger partial charge in [-0.25, -0.2) is 8.42 Å². The molecular weight excluding hydrogens is 375 g/mol. The normalized spacial score (nSPS) is 18.5. The molecule has 0 spiro atoms. The highest BCUT2D eigenvalue weighted by atomic mass is 32.2. The van der Waals surface area contributed by atoms with E-state index in [0.29, 0.717) is 16.8 Å². The molecule has 0 bridgehead atoms. The van der Waals surface area contributed by atoms with Gasteiger partial charge in [-0.3, -0.25) is 9.79 Å². The van der Waals surface area contributed by atoms with Gasteiger partial charge < -0.3 is 16.0 Å². The zero-order valence-corrected chi connectivity index (χ0v) is 16.1. The summed E-state index contributed by atoms with van der Waals surface area (Å²) in [5.74, 6) is 0.255. The summed E-state index contributed by atoms with van der Waals surface area (Å²) in [5.41, 5.74) is -5.97. The Kier molecular flexibility index (Phi) is 7.28. The van der Waals surface area contributed by atoms with Crippen molar-refractivity contribution in [2.24, 2.45) is 10.4 Å². The van der Waals surface area contributed by atoms with Crippen LogP contribution in [0, 0.1) is 5.41 Å². The van der Waals surface area contributed by atoms with Crippen molar-refractivity contribution in [3.63, 3.8) is 0 Å². The van der Waals surface area contributed by atoms with Crippen molar-refractivity contribution in [3.8, 4) is 0 Å². The van der Waals surface area contributed by atoms with Crippen molar-refractivity contribution >= 4 is 21.9 Å². The zero-order valence-electron chi connectivity index (χ0n) is 15.3. The Bertz CT molecular complexity index is 626. The van der Waals surface area contributed by atoms with Crippen LogP contribution in [-0.4, -0.2) is 69.9 Å². The predicted molar refractivity (Wildman–Crippen MR) is 91.9 cm³/mol. The topological polar surface area (TPSA) is 103 Å². The van der Waals surface area contributed by atoms with Crippen LogP contribution in [0.25, 0.3) is 0 Å². The third-order valence-corrected chi connectivity index (χ3v) is 5.82. The number of nitrogens with one attached hydrogen (secondary N) is 3. The molecule has 152 valence electrons. The summed E-state index contributed by atoms with van der Waals surface area (Å²) in [6, 6.07) is -0.219. The van der Waals surface area contributed by atoms with Crippen molar-refractivity contribution in [3.05, 3.63) is 0 Å². The summed E-state index contributed by atoms with van der Waals surface area (Å²) in [6.45, 7) is 3.37. The van der Waals surface area contributed by atoms with Crippen LogP contribution in [-0.2, 0) is 14.8 Å². The number of alkyl halides is 3. The first-order chi connectivity index (χ1) is 11.8. The smallest absolute Gasteiger partial charge is 0.359 e. The number of carbonyl (C=O) groups excluding carboxylic acids is 1. The first-order valence-electron chi connectivity index (χ1n) is 8.11. The third-order valence-electron chi connectivity index (χ3n) is 4.19. The SMILES string of the molecule is CN=C(NCC(C)(C)C(=O)NC)NC1CCN(S(=O)(=O)C(F)(F)F)CC1.